The monoisotopic (exact) mass is 1130 g/mol. The first kappa shape index (κ1) is 74.1. The van der Waals surface area contributed by atoms with Gasteiger partial charge in [-0.3, -0.25) is 37.3 Å². The first-order chi connectivity index (χ1) is 36.6. The fraction of sp³-hybridized carbons (Fsp3) is 0.930. The van der Waals surface area contributed by atoms with Gasteiger partial charge in [-0.2, -0.15) is 0 Å². The minimum absolute atomic E-state index is 0.103. The van der Waals surface area contributed by atoms with Crippen molar-refractivity contribution in [2.75, 3.05) is 39.6 Å². The van der Waals surface area contributed by atoms with Crippen LogP contribution in [-0.4, -0.2) is 96.7 Å². The number of phosphoric ester groups is 2. The van der Waals surface area contributed by atoms with Crippen LogP contribution in [-0.2, 0) is 65.4 Å². The highest BCUT2D eigenvalue weighted by atomic mass is 31.2. The van der Waals surface area contributed by atoms with E-state index >= 15 is 0 Å². The third-order valence-corrected chi connectivity index (χ3v) is 15.3. The SMILES string of the molecule is CCCCCCCCCCCCCCCCC(=O)O[C@H](COC(=O)CCCCCCCCC(C)CC)COP(=O)(O)OC[C@@H](O)COP(=O)(O)OC[C@@H](COC(=O)CCCCCCC)OC(=O)CCCCCCCCC. The molecule has 3 N–H and O–H groups in total. The van der Waals surface area contributed by atoms with Crippen molar-refractivity contribution < 1.29 is 80.2 Å². The molecule has 0 rings (SSSR count). The summed E-state index contributed by atoms with van der Waals surface area (Å²) in [7, 11) is -9.86. The third kappa shape index (κ3) is 50.3. The normalized spacial score (nSPS) is 14.8. The largest absolute Gasteiger partial charge is 0.472 e. The lowest BCUT2D eigenvalue weighted by Gasteiger charge is -2.21. The molecule has 0 aromatic heterocycles. The molecule has 0 fully saturated rings. The van der Waals surface area contributed by atoms with E-state index in [2.05, 4.69) is 34.6 Å². The van der Waals surface area contributed by atoms with Crippen molar-refractivity contribution in [1.29, 1.82) is 0 Å². The Morgan fingerprint density at radius 2 is 0.632 bits per heavy atom. The van der Waals surface area contributed by atoms with E-state index in [4.69, 9.17) is 37.0 Å². The molecule has 17 nitrogen and oxygen atoms in total. The maximum Gasteiger partial charge on any atom is 0.472 e. The minimum atomic E-state index is -4.93. The van der Waals surface area contributed by atoms with Gasteiger partial charge in [0.05, 0.1) is 26.4 Å². The standard InChI is InChI=1S/C57H110O17P2/c1-6-10-13-16-18-19-20-21-22-23-24-26-33-38-43-57(62)74-53(47-68-55(60)41-36-31-28-27-30-34-39-50(5)9-4)49-72-76(65,66)70-45-51(58)44-69-75(63,64)71-48-52(46-67-54(59)40-35-29-15-12-8-3)73-56(61)42-37-32-25-17-14-11-7-2/h50-53,58H,6-49H2,1-5H3,(H,63,64)(H,65,66)/t50?,51-,52+,53+/m0/s1. The van der Waals surface area contributed by atoms with Crippen molar-refractivity contribution in [2.24, 2.45) is 5.92 Å². The molecule has 0 bridgehead atoms. The topological polar surface area (TPSA) is 237 Å². The second kappa shape index (κ2) is 51.2. The summed E-state index contributed by atoms with van der Waals surface area (Å²) >= 11 is 0. The van der Waals surface area contributed by atoms with Crippen molar-refractivity contribution in [3.8, 4) is 0 Å². The van der Waals surface area contributed by atoms with Crippen molar-refractivity contribution >= 4 is 39.5 Å². The molecule has 0 spiro atoms. The lowest BCUT2D eigenvalue weighted by Crippen LogP contribution is -2.30. The van der Waals surface area contributed by atoms with Gasteiger partial charge in [-0.15, -0.1) is 0 Å². The summed E-state index contributed by atoms with van der Waals surface area (Å²) in [5.41, 5.74) is 0. The van der Waals surface area contributed by atoms with Crippen LogP contribution in [0.2, 0.25) is 0 Å². The lowest BCUT2D eigenvalue weighted by atomic mass is 10.00. The Morgan fingerprint density at radius 1 is 0.368 bits per heavy atom. The number of aliphatic hydroxyl groups is 1. The van der Waals surface area contributed by atoms with Gasteiger partial charge in [-0.25, -0.2) is 9.13 Å². The zero-order valence-electron chi connectivity index (χ0n) is 48.4. The number of carbonyl (C=O) groups is 4. The van der Waals surface area contributed by atoms with E-state index in [0.29, 0.717) is 25.7 Å². The van der Waals surface area contributed by atoms with Crippen LogP contribution in [0.5, 0.6) is 0 Å². The van der Waals surface area contributed by atoms with Gasteiger partial charge in [0.25, 0.3) is 0 Å². The molecular weight excluding hydrogens is 1020 g/mol. The summed E-state index contributed by atoms with van der Waals surface area (Å²) in [6.45, 7) is 6.97. The Balaban J connectivity index is 5.17. The molecule has 450 valence electrons. The zero-order valence-corrected chi connectivity index (χ0v) is 50.2. The minimum Gasteiger partial charge on any atom is -0.462 e. The number of hydrogen-bond donors (Lipinski definition) is 3. The second-order valence-electron chi connectivity index (χ2n) is 20.9. The highest BCUT2D eigenvalue weighted by molar-refractivity contribution is 7.47. The number of esters is 4. The van der Waals surface area contributed by atoms with Crippen LogP contribution >= 0.6 is 15.6 Å². The second-order valence-corrected chi connectivity index (χ2v) is 23.8. The first-order valence-corrected chi connectivity index (χ1v) is 33.2. The Hall–Kier alpha value is -1.94. The van der Waals surface area contributed by atoms with E-state index < -0.39 is 97.5 Å². The van der Waals surface area contributed by atoms with Gasteiger partial charge in [-0.05, 0) is 31.6 Å². The van der Waals surface area contributed by atoms with Crippen LogP contribution in [0.25, 0.3) is 0 Å². The highest BCUT2D eigenvalue weighted by Crippen LogP contribution is 2.45. The van der Waals surface area contributed by atoms with Gasteiger partial charge in [0, 0.05) is 25.7 Å². The smallest absolute Gasteiger partial charge is 0.462 e. The van der Waals surface area contributed by atoms with Crippen LogP contribution in [0, 0.1) is 5.92 Å². The summed E-state index contributed by atoms with van der Waals surface area (Å²) in [5.74, 6) is -1.43. The predicted molar refractivity (Wildman–Crippen MR) is 298 cm³/mol. The molecule has 6 atom stereocenters. The quantitative estimate of drug-likeness (QED) is 0.0222. The third-order valence-electron chi connectivity index (χ3n) is 13.4. The molecular formula is C57H110O17P2. The van der Waals surface area contributed by atoms with E-state index in [-0.39, 0.29) is 25.7 Å². The zero-order chi connectivity index (χ0) is 56.4. The maximum atomic E-state index is 12.9. The van der Waals surface area contributed by atoms with Crippen molar-refractivity contribution in [3.05, 3.63) is 0 Å². The number of ether oxygens (including phenoxy) is 4. The fourth-order valence-electron chi connectivity index (χ4n) is 8.31. The first-order valence-electron chi connectivity index (χ1n) is 30.2. The summed E-state index contributed by atoms with van der Waals surface area (Å²) in [5, 5.41) is 10.5. The number of aliphatic hydroxyl groups excluding tert-OH is 1. The summed E-state index contributed by atoms with van der Waals surface area (Å²) in [4.78, 5) is 71.5. The van der Waals surface area contributed by atoms with Crippen LogP contribution in [0.15, 0.2) is 0 Å². The number of hydrogen-bond acceptors (Lipinski definition) is 15. The Labute approximate surface area is 460 Å². The molecule has 0 heterocycles. The molecule has 0 aliphatic heterocycles. The number of carbonyl (C=O) groups excluding carboxylic acids is 4. The molecule has 0 aromatic rings. The molecule has 0 aromatic carbocycles. The van der Waals surface area contributed by atoms with Gasteiger partial charge in [0.1, 0.15) is 19.3 Å². The number of phosphoric acid groups is 2. The Kier molecular flexibility index (Phi) is 49.9. The Morgan fingerprint density at radius 3 is 0.934 bits per heavy atom. The Bertz CT molecular complexity index is 1500. The fourth-order valence-corrected chi connectivity index (χ4v) is 9.89. The lowest BCUT2D eigenvalue weighted by molar-refractivity contribution is -0.161. The van der Waals surface area contributed by atoms with Gasteiger partial charge < -0.3 is 33.8 Å². The van der Waals surface area contributed by atoms with Crippen LogP contribution in [0.3, 0.4) is 0 Å². The van der Waals surface area contributed by atoms with Crippen molar-refractivity contribution in [3.63, 3.8) is 0 Å². The van der Waals surface area contributed by atoms with Gasteiger partial charge >= 0.3 is 39.5 Å². The molecule has 0 saturated carbocycles. The number of rotatable bonds is 57. The van der Waals surface area contributed by atoms with Crippen molar-refractivity contribution in [2.45, 2.75) is 297 Å². The summed E-state index contributed by atoms with van der Waals surface area (Å²) in [6.07, 6.45) is 32.6. The molecule has 0 saturated heterocycles. The van der Waals surface area contributed by atoms with E-state index in [1.807, 2.05) is 0 Å². The average molecular weight is 1130 g/mol. The molecule has 0 radical (unpaired) electrons. The van der Waals surface area contributed by atoms with E-state index in [1.54, 1.807) is 0 Å². The van der Waals surface area contributed by atoms with E-state index in [9.17, 15) is 43.2 Å². The molecule has 0 amide bonds. The van der Waals surface area contributed by atoms with Crippen LogP contribution < -0.4 is 0 Å². The van der Waals surface area contributed by atoms with Gasteiger partial charge in [-0.1, -0.05) is 227 Å². The average Bonchev–Trinajstić information content (AvgIpc) is 3.39. The predicted octanol–water partition coefficient (Wildman–Crippen LogP) is 15.1. The molecule has 0 aliphatic carbocycles. The van der Waals surface area contributed by atoms with Gasteiger partial charge in [0.2, 0.25) is 0 Å². The molecule has 19 heteroatoms. The molecule has 0 aliphatic rings. The van der Waals surface area contributed by atoms with E-state index in [0.717, 1.165) is 121 Å². The maximum absolute atomic E-state index is 12.9. The van der Waals surface area contributed by atoms with Crippen LogP contribution in [0.1, 0.15) is 279 Å². The van der Waals surface area contributed by atoms with Gasteiger partial charge in [0.15, 0.2) is 12.2 Å². The van der Waals surface area contributed by atoms with Crippen LogP contribution in [0.4, 0.5) is 0 Å². The number of unbranched alkanes of at least 4 members (excludes halogenated alkanes) is 28. The highest BCUT2D eigenvalue weighted by Gasteiger charge is 2.30. The molecule has 3 unspecified atom stereocenters. The van der Waals surface area contributed by atoms with Crippen molar-refractivity contribution in [1.82, 2.24) is 0 Å². The summed E-state index contributed by atoms with van der Waals surface area (Å²) in [6, 6.07) is 0. The summed E-state index contributed by atoms with van der Waals surface area (Å²) < 4.78 is 67.4. The van der Waals surface area contributed by atoms with E-state index in [1.165, 1.54) is 77.0 Å². The molecule has 76 heavy (non-hydrogen) atoms.